The number of ether oxygens (including phenoxy) is 1. The first-order valence-electron chi connectivity index (χ1n) is 9.13. The highest BCUT2D eigenvalue weighted by Crippen LogP contribution is 2.34. The summed E-state index contributed by atoms with van der Waals surface area (Å²) in [6.45, 7) is 6.57. The van der Waals surface area contributed by atoms with E-state index in [1.165, 1.54) is 0 Å². The van der Waals surface area contributed by atoms with E-state index in [-0.39, 0.29) is 6.09 Å². The van der Waals surface area contributed by atoms with Crippen LogP contribution in [0, 0.1) is 0 Å². The zero-order chi connectivity index (χ0) is 18.8. The van der Waals surface area contributed by atoms with Gasteiger partial charge < -0.3 is 14.7 Å². The fourth-order valence-corrected chi connectivity index (χ4v) is 3.28. The first-order chi connectivity index (χ1) is 12.3. The van der Waals surface area contributed by atoms with Crippen LogP contribution in [0.1, 0.15) is 39.2 Å². The summed E-state index contributed by atoms with van der Waals surface area (Å²) in [4.78, 5) is 13.9. The number of nitrogens with zero attached hydrogens (tertiary/aromatic N) is 1. The molecule has 1 aliphatic heterocycles. The van der Waals surface area contributed by atoms with Gasteiger partial charge in [-0.2, -0.15) is 0 Å². The molecule has 4 heteroatoms. The standard InChI is InChI=1S/C22H27NO3/c1-21(2,3)26-20(24)23-15-13-22(25,14-16-23)19-11-9-18(10-12-19)17-7-5-4-6-8-17/h4-12,25H,13-16H2,1-3H3. The van der Waals surface area contributed by atoms with E-state index in [1.54, 1.807) is 4.90 Å². The minimum Gasteiger partial charge on any atom is -0.444 e. The van der Waals surface area contributed by atoms with Crippen molar-refractivity contribution < 1.29 is 14.6 Å². The number of carbonyl (C=O) groups is 1. The van der Waals surface area contributed by atoms with Crippen LogP contribution >= 0.6 is 0 Å². The van der Waals surface area contributed by atoms with Crippen molar-refractivity contribution in [3.8, 4) is 11.1 Å². The zero-order valence-corrected chi connectivity index (χ0v) is 15.7. The molecule has 0 atom stereocenters. The lowest BCUT2D eigenvalue weighted by molar-refractivity contribution is -0.0356. The van der Waals surface area contributed by atoms with Crippen LogP contribution in [0.25, 0.3) is 11.1 Å². The number of amides is 1. The second kappa shape index (κ2) is 7.12. The maximum Gasteiger partial charge on any atom is 0.410 e. The summed E-state index contributed by atoms with van der Waals surface area (Å²) in [6.07, 6.45) is 0.715. The molecule has 0 radical (unpaired) electrons. The van der Waals surface area contributed by atoms with Gasteiger partial charge in [0.25, 0.3) is 0 Å². The highest BCUT2D eigenvalue weighted by Gasteiger charge is 2.36. The summed E-state index contributed by atoms with van der Waals surface area (Å²) in [5, 5.41) is 11.1. The Morgan fingerprint density at radius 1 is 0.962 bits per heavy atom. The number of hydrogen-bond donors (Lipinski definition) is 1. The fourth-order valence-electron chi connectivity index (χ4n) is 3.28. The summed E-state index contributed by atoms with van der Waals surface area (Å²) in [6, 6.07) is 18.3. The van der Waals surface area contributed by atoms with Gasteiger partial charge in [-0.05, 0) is 50.3 Å². The van der Waals surface area contributed by atoms with Gasteiger partial charge in [-0.25, -0.2) is 4.79 Å². The summed E-state index contributed by atoms with van der Waals surface area (Å²) in [7, 11) is 0. The molecule has 138 valence electrons. The van der Waals surface area contributed by atoms with Gasteiger partial charge in [0.1, 0.15) is 5.60 Å². The Hall–Kier alpha value is -2.33. The summed E-state index contributed by atoms with van der Waals surface area (Å²) < 4.78 is 5.42. The van der Waals surface area contributed by atoms with E-state index in [0.29, 0.717) is 25.9 Å². The molecule has 0 unspecified atom stereocenters. The van der Waals surface area contributed by atoms with Crippen LogP contribution in [0.15, 0.2) is 54.6 Å². The molecule has 1 saturated heterocycles. The average Bonchev–Trinajstić information content (AvgIpc) is 2.62. The average molecular weight is 353 g/mol. The summed E-state index contributed by atoms with van der Waals surface area (Å²) >= 11 is 0. The van der Waals surface area contributed by atoms with Gasteiger partial charge in [0, 0.05) is 13.1 Å². The zero-order valence-electron chi connectivity index (χ0n) is 15.7. The van der Waals surface area contributed by atoms with Crippen LogP contribution in [-0.2, 0) is 10.3 Å². The molecule has 4 nitrogen and oxygen atoms in total. The fraction of sp³-hybridized carbons (Fsp3) is 0.409. The predicted octanol–water partition coefficient (Wildman–Crippen LogP) is 4.57. The molecule has 2 aromatic carbocycles. The number of piperidine rings is 1. The van der Waals surface area contributed by atoms with E-state index < -0.39 is 11.2 Å². The molecule has 3 rings (SSSR count). The van der Waals surface area contributed by atoms with Crippen molar-refractivity contribution in [3.05, 3.63) is 60.2 Å². The molecular formula is C22H27NO3. The monoisotopic (exact) mass is 353 g/mol. The molecule has 2 aromatic rings. The minimum absolute atomic E-state index is 0.307. The lowest BCUT2D eigenvalue weighted by Gasteiger charge is -2.39. The van der Waals surface area contributed by atoms with Crippen LogP contribution < -0.4 is 0 Å². The molecule has 1 amide bonds. The van der Waals surface area contributed by atoms with Crippen molar-refractivity contribution in [3.63, 3.8) is 0 Å². The van der Waals surface area contributed by atoms with Crippen LogP contribution in [-0.4, -0.2) is 34.8 Å². The highest BCUT2D eigenvalue weighted by atomic mass is 16.6. The molecule has 1 N–H and O–H groups in total. The van der Waals surface area contributed by atoms with Crippen LogP contribution in [0.3, 0.4) is 0 Å². The number of likely N-dealkylation sites (tertiary alicyclic amines) is 1. The van der Waals surface area contributed by atoms with Crippen molar-refractivity contribution in [1.29, 1.82) is 0 Å². The van der Waals surface area contributed by atoms with E-state index >= 15 is 0 Å². The first-order valence-corrected chi connectivity index (χ1v) is 9.13. The molecule has 0 bridgehead atoms. The van der Waals surface area contributed by atoms with Crippen LogP contribution in [0.2, 0.25) is 0 Å². The summed E-state index contributed by atoms with van der Waals surface area (Å²) in [5.41, 5.74) is 1.79. The van der Waals surface area contributed by atoms with E-state index in [9.17, 15) is 9.90 Å². The Labute approximate surface area is 155 Å². The Bertz CT molecular complexity index is 739. The summed E-state index contributed by atoms with van der Waals surface area (Å²) in [5.74, 6) is 0. The molecule has 26 heavy (non-hydrogen) atoms. The highest BCUT2D eigenvalue weighted by molar-refractivity contribution is 5.68. The Morgan fingerprint density at radius 2 is 1.50 bits per heavy atom. The van der Waals surface area contributed by atoms with Crippen molar-refractivity contribution in [2.75, 3.05) is 13.1 Å². The lowest BCUT2D eigenvalue weighted by Crippen LogP contribution is -2.46. The number of hydrogen-bond acceptors (Lipinski definition) is 3. The third-order valence-electron chi connectivity index (χ3n) is 4.77. The van der Waals surface area contributed by atoms with Crippen LogP contribution in [0.5, 0.6) is 0 Å². The third-order valence-corrected chi connectivity index (χ3v) is 4.77. The van der Waals surface area contributed by atoms with E-state index in [0.717, 1.165) is 16.7 Å². The predicted molar refractivity (Wildman–Crippen MR) is 103 cm³/mol. The second-order valence-corrected chi connectivity index (χ2v) is 7.94. The lowest BCUT2D eigenvalue weighted by atomic mass is 9.84. The SMILES string of the molecule is CC(C)(C)OC(=O)N1CCC(O)(c2ccc(-c3ccccc3)cc2)CC1. The Kier molecular flexibility index (Phi) is 5.05. The van der Waals surface area contributed by atoms with Gasteiger partial charge in [0.2, 0.25) is 0 Å². The van der Waals surface area contributed by atoms with Gasteiger partial charge in [-0.3, -0.25) is 0 Å². The maximum absolute atomic E-state index is 12.2. The van der Waals surface area contributed by atoms with E-state index in [2.05, 4.69) is 12.1 Å². The quantitative estimate of drug-likeness (QED) is 0.860. The number of rotatable bonds is 2. The van der Waals surface area contributed by atoms with Gasteiger partial charge in [0.15, 0.2) is 0 Å². The third kappa shape index (κ3) is 4.25. The van der Waals surface area contributed by atoms with Gasteiger partial charge in [-0.1, -0.05) is 54.6 Å². The molecular weight excluding hydrogens is 326 g/mol. The number of aliphatic hydroxyl groups is 1. The molecule has 0 aliphatic carbocycles. The van der Waals surface area contributed by atoms with Crippen molar-refractivity contribution >= 4 is 6.09 Å². The maximum atomic E-state index is 12.2. The van der Waals surface area contributed by atoms with Gasteiger partial charge in [-0.15, -0.1) is 0 Å². The minimum atomic E-state index is -0.895. The molecule has 1 aliphatic rings. The van der Waals surface area contributed by atoms with Crippen LogP contribution in [0.4, 0.5) is 4.79 Å². The second-order valence-electron chi connectivity index (χ2n) is 7.94. The van der Waals surface area contributed by atoms with Crippen molar-refractivity contribution in [2.24, 2.45) is 0 Å². The Balaban J connectivity index is 1.66. The molecule has 0 spiro atoms. The van der Waals surface area contributed by atoms with E-state index in [1.807, 2.05) is 63.2 Å². The van der Waals surface area contributed by atoms with Gasteiger partial charge in [0.05, 0.1) is 5.60 Å². The molecule has 1 fully saturated rings. The van der Waals surface area contributed by atoms with E-state index in [4.69, 9.17) is 4.74 Å². The molecule has 1 heterocycles. The molecule has 0 aromatic heterocycles. The van der Waals surface area contributed by atoms with Crippen molar-refractivity contribution in [2.45, 2.75) is 44.8 Å². The largest absolute Gasteiger partial charge is 0.444 e. The van der Waals surface area contributed by atoms with Crippen molar-refractivity contribution in [1.82, 2.24) is 4.90 Å². The normalized spacial score (nSPS) is 17.0. The van der Waals surface area contributed by atoms with Gasteiger partial charge >= 0.3 is 6.09 Å². The molecule has 0 saturated carbocycles. The number of carbonyl (C=O) groups excluding carboxylic acids is 1. The topological polar surface area (TPSA) is 49.8 Å². The first kappa shape index (κ1) is 18.5. The smallest absolute Gasteiger partial charge is 0.410 e. The Morgan fingerprint density at radius 3 is 2.04 bits per heavy atom. The number of benzene rings is 2.